The highest BCUT2D eigenvalue weighted by Crippen LogP contribution is 2.17. The van der Waals surface area contributed by atoms with E-state index in [0.717, 1.165) is 5.76 Å². The lowest BCUT2D eigenvalue weighted by Crippen LogP contribution is -2.33. The number of fused-ring (bicyclic) bond motifs is 1. The fourth-order valence-corrected chi connectivity index (χ4v) is 2.29. The van der Waals surface area contributed by atoms with Gasteiger partial charge in [0.2, 0.25) is 0 Å². The van der Waals surface area contributed by atoms with Gasteiger partial charge < -0.3 is 33.2 Å². The second-order valence-corrected chi connectivity index (χ2v) is 5.25. The molecule has 0 aromatic rings. The second kappa shape index (κ2) is 12.4. The highest BCUT2D eigenvalue weighted by atomic mass is 16.6. The van der Waals surface area contributed by atoms with Gasteiger partial charge in [-0.1, -0.05) is 0 Å². The first kappa shape index (κ1) is 19.4. The maximum Gasteiger partial charge on any atom is 0.117 e. The molecule has 1 heterocycles. The first-order valence-electron chi connectivity index (χ1n) is 8.38. The zero-order valence-corrected chi connectivity index (χ0v) is 14.3. The largest absolute Gasteiger partial charge is 0.497 e. The van der Waals surface area contributed by atoms with Crippen molar-refractivity contribution < 1.29 is 33.2 Å². The lowest BCUT2D eigenvalue weighted by molar-refractivity contribution is -0.0699. The van der Waals surface area contributed by atoms with E-state index < -0.39 is 0 Å². The van der Waals surface area contributed by atoms with E-state index in [1.165, 1.54) is 0 Å². The number of ether oxygens (including phenoxy) is 7. The van der Waals surface area contributed by atoms with Crippen molar-refractivity contribution in [1.82, 2.24) is 0 Å². The summed E-state index contributed by atoms with van der Waals surface area (Å²) in [5, 5.41) is 0. The van der Waals surface area contributed by atoms with Gasteiger partial charge in [0.25, 0.3) is 0 Å². The summed E-state index contributed by atoms with van der Waals surface area (Å²) < 4.78 is 38.8. The first-order valence-corrected chi connectivity index (χ1v) is 8.38. The van der Waals surface area contributed by atoms with E-state index in [4.69, 9.17) is 33.2 Å². The predicted octanol–water partition coefficient (Wildman–Crippen LogP) is 0.937. The fourth-order valence-electron chi connectivity index (χ4n) is 2.29. The first-order chi connectivity index (χ1) is 11.9. The van der Waals surface area contributed by atoms with Crippen molar-refractivity contribution in [2.75, 3.05) is 73.2 Å². The number of allylic oxidation sites excluding steroid dienone is 1. The monoisotopic (exact) mass is 344 g/mol. The lowest BCUT2D eigenvalue weighted by Gasteiger charge is -2.26. The van der Waals surface area contributed by atoms with Crippen LogP contribution in [0, 0.1) is 0 Å². The lowest BCUT2D eigenvalue weighted by atomic mass is 10.1. The summed E-state index contributed by atoms with van der Waals surface area (Å²) in [5.41, 5.74) is 0. The number of methoxy groups -OCH3 is 1. The molecule has 0 amide bonds. The molecule has 0 N–H and O–H groups in total. The van der Waals surface area contributed by atoms with E-state index >= 15 is 0 Å². The van der Waals surface area contributed by atoms with E-state index in [2.05, 4.69) is 0 Å². The molecule has 1 saturated heterocycles. The van der Waals surface area contributed by atoms with Crippen molar-refractivity contribution in [3.8, 4) is 0 Å². The summed E-state index contributed by atoms with van der Waals surface area (Å²) in [6.45, 7) is 5.29. The maximum absolute atomic E-state index is 5.86. The Kier molecular flexibility index (Phi) is 10.0. The van der Waals surface area contributed by atoms with E-state index in [1.54, 1.807) is 7.11 Å². The smallest absolute Gasteiger partial charge is 0.117 e. The molecule has 1 fully saturated rings. The molecule has 24 heavy (non-hydrogen) atoms. The van der Waals surface area contributed by atoms with Gasteiger partial charge in [0, 0.05) is 0 Å². The highest BCUT2D eigenvalue weighted by Gasteiger charge is 2.22. The Morgan fingerprint density at radius 3 is 1.67 bits per heavy atom. The molecule has 0 spiro atoms. The van der Waals surface area contributed by atoms with Gasteiger partial charge in [-0.2, -0.15) is 0 Å². The van der Waals surface area contributed by atoms with Crippen LogP contribution < -0.4 is 0 Å². The molecular formula is C17H28O7. The Labute approximate surface area is 143 Å². The van der Waals surface area contributed by atoms with Crippen LogP contribution in [0.4, 0.5) is 0 Å². The molecule has 7 nitrogen and oxygen atoms in total. The summed E-state index contributed by atoms with van der Waals surface area (Å²) in [6, 6.07) is 0. The van der Waals surface area contributed by atoms with Crippen LogP contribution in [0.3, 0.4) is 0 Å². The molecule has 0 aromatic carbocycles. The number of hydrogen-bond donors (Lipinski definition) is 0. The molecule has 138 valence electrons. The molecule has 1 aliphatic carbocycles. The van der Waals surface area contributed by atoms with Crippen LogP contribution >= 0.6 is 0 Å². The zero-order chi connectivity index (χ0) is 16.9. The van der Waals surface area contributed by atoms with Crippen LogP contribution in [0.5, 0.6) is 0 Å². The molecule has 2 atom stereocenters. The minimum absolute atomic E-state index is 0.161. The van der Waals surface area contributed by atoms with Crippen molar-refractivity contribution in [2.24, 2.45) is 0 Å². The molecule has 0 aromatic heterocycles. The van der Waals surface area contributed by atoms with Gasteiger partial charge >= 0.3 is 0 Å². The van der Waals surface area contributed by atoms with Crippen molar-refractivity contribution in [1.29, 1.82) is 0 Å². The third kappa shape index (κ3) is 7.74. The predicted molar refractivity (Wildman–Crippen MR) is 87.0 cm³/mol. The molecular weight excluding hydrogens is 316 g/mol. The minimum atomic E-state index is -0.202. The van der Waals surface area contributed by atoms with Crippen LogP contribution in [0.25, 0.3) is 0 Å². The third-order valence-electron chi connectivity index (χ3n) is 3.53. The van der Waals surface area contributed by atoms with E-state index in [-0.39, 0.29) is 12.2 Å². The fraction of sp³-hybridized carbons (Fsp3) is 0.765. The average Bonchev–Trinajstić information content (AvgIpc) is 2.61. The molecule has 7 heteroatoms. The Balaban J connectivity index is 1.79. The molecule has 2 rings (SSSR count). The van der Waals surface area contributed by atoms with Crippen LogP contribution in [-0.4, -0.2) is 85.4 Å². The SMILES string of the molecule is COC1=CC2OCCOCCOCCOCCOCCOC2C=C1. The summed E-state index contributed by atoms with van der Waals surface area (Å²) in [5.74, 6) is 0.768. The second-order valence-electron chi connectivity index (χ2n) is 5.25. The molecule has 0 radical (unpaired) electrons. The van der Waals surface area contributed by atoms with E-state index in [9.17, 15) is 0 Å². The van der Waals surface area contributed by atoms with E-state index in [1.807, 2.05) is 18.2 Å². The van der Waals surface area contributed by atoms with Crippen LogP contribution in [0.15, 0.2) is 24.0 Å². The Hall–Kier alpha value is -0.960. The van der Waals surface area contributed by atoms with Gasteiger partial charge in [-0.25, -0.2) is 0 Å². The van der Waals surface area contributed by atoms with Gasteiger partial charge in [-0.05, 0) is 18.2 Å². The summed E-state index contributed by atoms with van der Waals surface area (Å²) >= 11 is 0. The Morgan fingerprint density at radius 2 is 1.17 bits per heavy atom. The van der Waals surface area contributed by atoms with E-state index in [0.29, 0.717) is 66.1 Å². The quantitative estimate of drug-likeness (QED) is 0.701. The molecule has 0 bridgehead atoms. The molecule has 0 saturated carbocycles. The third-order valence-corrected chi connectivity index (χ3v) is 3.53. The molecule has 2 unspecified atom stereocenters. The van der Waals surface area contributed by atoms with Crippen LogP contribution in [0.1, 0.15) is 0 Å². The van der Waals surface area contributed by atoms with Crippen molar-refractivity contribution in [2.45, 2.75) is 12.2 Å². The van der Waals surface area contributed by atoms with Crippen LogP contribution in [-0.2, 0) is 33.2 Å². The Morgan fingerprint density at radius 1 is 0.708 bits per heavy atom. The van der Waals surface area contributed by atoms with Crippen LogP contribution in [0.2, 0.25) is 0 Å². The zero-order valence-electron chi connectivity index (χ0n) is 14.3. The Bertz CT molecular complexity index is 383. The number of rotatable bonds is 1. The highest BCUT2D eigenvalue weighted by molar-refractivity contribution is 5.23. The molecule has 2 aliphatic rings. The number of hydrogen-bond acceptors (Lipinski definition) is 7. The average molecular weight is 344 g/mol. The van der Waals surface area contributed by atoms with Crippen molar-refractivity contribution in [3.05, 3.63) is 24.0 Å². The van der Waals surface area contributed by atoms with Gasteiger partial charge in [-0.15, -0.1) is 0 Å². The standard InChI is InChI=1S/C17H28O7/c1-18-15-2-3-16-17(14-15)24-13-11-22-9-7-20-5-4-19-6-8-21-10-12-23-16/h2-3,14,16-17H,4-13H2,1H3. The summed E-state index contributed by atoms with van der Waals surface area (Å²) in [7, 11) is 1.64. The van der Waals surface area contributed by atoms with Gasteiger partial charge in [0.1, 0.15) is 18.0 Å². The summed E-state index contributed by atoms with van der Waals surface area (Å²) in [4.78, 5) is 0. The van der Waals surface area contributed by atoms with Gasteiger partial charge in [-0.3, -0.25) is 0 Å². The maximum atomic E-state index is 5.86. The summed E-state index contributed by atoms with van der Waals surface area (Å²) in [6.07, 6.45) is 5.39. The van der Waals surface area contributed by atoms with Gasteiger partial charge in [0.05, 0.1) is 73.2 Å². The van der Waals surface area contributed by atoms with Gasteiger partial charge in [0.15, 0.2) is 0 Å². The topological polar surface area (TPSA) is 64.6 Å². The molecule has 1 aliphatic heterocycles. The van der Waals surface area contributed by atoms with Crippen molar-refractivity contribution in [3.63, 3.8) is 0 Å². The minimum Gasteiger partial charge on any atom is -0.497 e. The normalized spacial score (nSPS) is 29.0. The van der Waals surface area contributed by atoms with Crippen molar-refractivity contribution >= 4 is 0 Å².